The van der Waals surface area contributed by atoms with Gasteiger partial charge in [0.2, 0.25) is 0 Å². The fraction of sp³-hybridized carbons (Fsp3) is 0.444. The van der Waals surface area contributed by atoms with Gasteiger partial charge in [0.05, 0.1) is 0 Å². The molecule has 2 nitrogen and oxygen atoms in total. The van der Waals surface area contributed by atoms with Crippen molar-refractivity contribution in [1.29, 1.82) is 0 Å². The Hall–Kier alpha value is -1.12. The minimum atomic E-state index is -0.244. The minimum absolute atomic E-state index is 0.244. The second-order valence-corrected chi connectivity index (χ2v) is 2.72. The molecule has 12 heavy (non-hydrogen) atoms. The molecular weight excluding hydrogens is 155 g/mol. The van der Waals surface area contributed by atoms with Crippen LogP contribution in [0.5, 0.6) is 0 Å². The van der Waals surface area contributed by atoms with E-state index in [4.69, 9.17) is 0 Å². The van der Waals surface area contributed by atoms with Crippen LogP contribution in [0.25, 0.3) is 0 Å². The summed E-state index contributed by atoms with van der Waals surface area (Å²) in [7, 11) is 0. The Kier molecular flexibility index (Phi) is 3.02. The van der Waals surface area contributed by atoms with E-state index in [0.29, 0.717) is 11.4 Å². The summed E-state index contributed by atoms with van der Waals surface area (Å²) in [6.07, 6.45) is 2.57. The van der Waals surface area contributed by atoms with E-state index >= 15 is 0 Å². The zero-order chi connectivity index (χ0) is 8.97. The lowest BCUT2D eigenvalue weighted by atomic mass is 10.3. The molecule has 0 aliphatic rings. The first kappa shape index (κ1) is 8.97. The van der Waals surface area contributed by atoms with Gasteiger partial charge in [-0.05, 0) is 25.0 Å². The number of aryl methyl sites for hydroxylation is 1. The molecule has 66 valence electrons. The highest BCUT2D eigenvalue weighted by Gasteiger charge is 2.03. The van der Waals surface area contributed by atoms with Crippen molar-refractivity contribution in [2.24, 2.45) is 0 Å². The maximum absolute atomic E-state index is 13.2. The van der Waals surface area contributed by atoms with E-state index in [9.17, 15) is 4.39 Å². The molecule has 1 aromatic heterocycles. The van der Waals surface area contributed by atoms with Gasteiger partial charge in [0.25, 0.3) is 0 Å². The van der Waals surface area contributed by atoms with E-state index in [1.165, 1.54) is 0 Å². The third-order valence-corrected chi connectivity index (χ3v) is 1.62. The summed E-state index contributed by atoms with van der Waals surface area (Å²) in [6, 6.07) is 1.66. The van der Waals surface area contributed by atoms with E-state index < -0.39 is 0 Å². The molecular formula is C9H13FN2. The van der Waals surface area contributed by atoms with Gasteiger partial charge in [0.1, 0.15) is 0 Å². The lowest BCUT2D eigenvalue weighted by Crippen LogP contribution is -2.04. The van der Waals surface area contributed by atoms with Crippen molar-refractivity contribution in [2.45, 2.75) is 20.3 Å². The fourth-order valence-corrected chi connectivity index (χ4v) is 0.907. The summed E-state index contributed by atoms with van der Waals surface area (Å²) in [5.41, 5.74) is 0.628. The van der Waals surface area contributed by atoms with Gasteiger partial charge >= 0.3 is 0 Å². The van der Waals surface area contributed by atoms with Gasteiger partial charge in [-0.3, -0.25) is 0 Å². The number of hydrogen-bond donors (Lipinski definition) is 1. The Morgan fingerprint density at radius 1 is 1.58 bits per heavy atom. The second-order valence-electron chi connectivity index (χ2n) is 2.72. The first-order valence-electron chi connectivity index (χ1n) is 4.10. The Balaban J connectivity index is 2.78. The maximum Gasteiger partial charge on any atom is 0.168 e. The third kappa shape index (κ3) is 1.94. The van der Waals surface area contributed by atoms with E-state index in [0.717, 1.165) is 13.0 Å². The zero-order valence-electron chi connectivity index (χ0n) is 7.39. The molecule has 0 spiro atoms. The molecule has 1 N–H and O–H groups in total. The summed E-state index contributed by atoms with van der Waals surface area (Å²) in [5, 5.41) is 2.92. The van der Waals surface area contributed by atoms with Crippen LogP contribution in [0.1, 0.15) is 18.9 Å². The molecule has 1 heterocycles. The van der Waals surface area contributed by atoms with Crippen LogP contribution >= 0.6 is 0 Å². The second kappa shape index (κ2) is 4.04. The topological polar surface area (TPSA) is 24.9 Å². The molecule has 0 unspecified atom stereocenters. The Morgan fingerprint density at radius 2 is 2.33 bits per heavy atom. The number of halogens is 1. The average Bonchev–Trinajstić information content (AvgIpc) is 2.08. The van der Waals surface area contributed by atoms with Crippen molar-refractivity contribution in [1.82, 2.24) is 4.98 Å². The van der Waals surface area contributed by atoms with Crippen molar-refractivity contribution in [3.8, 4) is 0 Å². The number of nitrogens with zero attached hydrogens (tertiary/aromatic N) is 1. The molecule has 0 aliphatic heterocycles. The quantitative estimate of drug-likeness (QED) is 0.749. The number of aromatic nitrogens is 1. The Bertz CT molecular complexity index is 261. The number of anilines is 1. The predicted molar refractivity (Wildman–Crippen MR) is 47.7 cm³/mol. The lowest BCUT2D eigenvalue weighted by molar-refractivity contribution is 0.615. The first-order chi connectivity index (χ1) is 5.75. The molecule has 0 saturated carbocycles. The molecule has 1 aromatic rings. The largest absolute Gasteiger partial charge is 0.368 e. The highest BCUT2D eigenvalue weighted by molar-refractivity contribution is 5.39. The van der Waals surface area contributed by atoms with Crippen molar-refractivity contribution in [3.05, 3.63) is 23.6 Å². The smallest absolute Gasteiger partial charge is 0.168 e. The van der Waals surface area contributed by atoms with Crippen molar-refractivity contribution >= 4 is 5.82 Å². The average molecular weight is 168 g/mol. The molecule has 0 radical (unpaired) electrons. The molecule has 0 aliphatic carbocycles. The van der Waals surface area contributed by atoms with Crippen LogP contribution in [0, 0.1) is 12.7 Å². The van der Waals surface area contributed by atoms with Gasteiger partial charge in [-0.1, -0.05) is 6.92 Å². The molecule has 0 bridgehead atoms. The van der Waals surface area contributed by atoms with Crippen LogP contribution in [0.2, 0.25) is 0 Å². The van der Waals surface area contributed by atoms with Gasteiger partial charge in [0.15, 0.2) is 11.6 Å². The minimum Gasteiger partial charge on any atom is -0.368 e. The van der Waals surface area contributed by atoms with Gasteiger partial charge < -0.3 is 5.32 Å². The lowest BCUT2D eigenvalue weighted by Gasteiger charge is -2.05. The predicted octanol–water partition coefficient (Wildman–Crippen LogP) is 2.35. The van der Waals surface area contributed by atoms with Crippen LogP contribution in [0.4, 0.5) is 10.2 Å². The van der Waals surface area contributed by atoms with Crippen LogP contribution in [-0.4, -0.2) is 11.5 Å². The number of rotatable bonds is 3. The molecule has 3 heteroatoms. The monoisotopic (exact) mass is 168 g/mol. The van der Waals surface area contributed by atoms with Crippen molar-refractivity contribution in [2.75, 3.05) is 11.9 Å². The van der Waals surface area contributed by atoms with Crippen molar-refractivity contribution in [3.63, 3.8) is 0 Å². The molecule has 0 atom stereocenters. The van der Waals surface area contributed by atoms with Crippen LogP contribution in [0.15, 0.2) is 12.3 Å². The maximum atomic E-state index is 13.2. The van der Waals surface area contributed by atoms with Crippen LogP contribution in [0.3, 0.4) is 0 Å². The van der Waals surface area contributed by atoms with Gasteiger partial charge in [-0.2, -0.15) is 0 Å². The Labute approximate surface area is 71.8 Å². The molecule has 1 rings (SSSR count). The molecule has 0 fully saturated rings. The van der Waals surface area contributed by atoms with Gasteiger partial charge in [0, 0.05) is 12.7 Å². The summed E-state index contributed by atoms with van der Waals surface area (Å²) in [6.45, 7) is 4.52. The standard InChI is InChI=1S/C9H13FN2/c1-3-5-11-9-8(10)7(2)4-6-12-9/h4,6H,3,5H2,1-2H3,(H,11,12). The van der Waals surface area contributed by atoms with Gasteiger partial charge in [-0.15, -0.1) is 0 Å². The number of nitrogens with one attached hydrogen (secondary N) is 1. The number of hydrogen-bond acceptors (Lipinski definition) is 2. The summed E-state index contributed by atoms with van der Waals surface area (Å²) >= 11 is 0. The summed E-state index contributed by atoms with van der Waals surface area (Å²) in [5.74, 6) is 0.114. The van der Waals surface area contributed by atoms with E-state index in [-0.39, 0.29) is 5.82 Å². The Morgan fingerprint density at radius 3 is 3.00 bits per heavy atom. The van der Waals surface area contributed by atoms with Crippen molar-refractivity contribution < 1.29 is 4.39 Å². The third-order valence-electron chi connectivity index (χ3n) is 1.62. The molecule has 0 saturated heterocycles. The summed E-state index contributed by atoms with van der Waals surface area (Å²) in [4.78, 5) is 3.89. The number of pyridine rings is 1. The van der Waals surface area contributed by atoms with E-state index in [1.54, 1.807) is 19.2 Å². The van der Waals surface area contributed by atoms with E-state index in [2.05, 4.69) is 10.3 Å². The van der Waals surface area contributed by atoms with Crippen LogP contribution < -0.4 is 5.32 Å². The highest BCUT2D eigenvalue weighted by atomic mass is 19.1. The summed E-state index contributed by atoms with van der Waals surface area (Å²) < 4.78 is 13.2. The zero-order valence-corrected chi connectivity index (χ0v) is 7.39. The van der Waals surface area contributed by atoms with E-state index in [1.807, 2.05) is 6.92 Å². The normalized spacial score (nSPS) is 9.92. The first-order valence-corrected chi connectivity index (χ1v) is 4.10. The molecule has 0 amide bonds. The van der Waals surface area contributed by atoms with Gasteiger partial charge in [-0.25, -0.2) is 9.37 Å². The highest BCUT2D eigenvalue weighted by Crippen LogP contribution is 2.13. The van der Waals surface area contributed by atoms with Crippen LogP contribution in [-0.2, 0) is 0 Å². The fourth-order valence-electron chi connectivity index (χ4n) is 0.907. The molecule has 0 aromatic carbocycles. The SMILES string of the molecule is CCCNc1nccc(C)c1F.